The second kappa shape index (κ2) is 15.2. The van der Waals surface area contributed by atoms with Gasteiger partial charge in [0, 0.05) is 33.8 Å². The summed E-state index contributed by atoms with van der Waals surface area (Å²) in [7, 11) is 0. The number of anilines is 6. The van der Waals surface area contributed by atoms with Crippen molar-refractivity contribution >= 4 is 56.5 Å². The lowest BCUT2D eigenvalue weighted by molar-refractivity contribution is 1.22. The predicted octanol–water partition coefficient (Wildman–Crippen LogP) is 16.1. The molecule has 2 aliphatic rings. The van der Waals surface area contributed by atoms with Gasteiger partial charge in [-0.2, -0.15) is 0 Å². The zero-order chi connectivity index (χ0) is 39.8. The molecule has 0 aliphatic heterocycles. The van der Waals surface area contributed by atoms with Crippen molar-refractivity contribution in [2.24, 2.45) is 0 Å². The monoisotopic (exact) mass is 766 g/mol. The van der Waals surface area contributed by atoms with E-state index < -0.39 is 0 Å². The first-order chi connectivity index (χ1) is 29.7. The normalized spacial score (nSPS) is 12.6. The molecule has 0 unspecified atom stereocenters. The molecule has 0 spiro atoms. The topological polar surface area (TPSA) is 6.48 Å². The van der Waals surface area contributed by atoms with Crippen molar-refractivity contribution < 1.29 is 0 Å². The SMILES string of the molecule is C1=Cc2cc(N(c3ccccc3)c3ccc(-c4ccc(N(c5ccc(-c6ccccc6)cc5)c5ccc(-c6ccccc6)cc5)cc4)cc3)c3cccc4c3c2C(=CC4)C1. The van der Waals surface area contributed by atoms with Gasteiger partial charge in [-0.15, -0.1) is 0 Å². The van der Waals surface area contributed by atoms with Crippen LogP contribution in [-0.2, 0) is 6.42 Å². The Morgan fingerprint density at radius 3 is 1.28 bits per heavy atom. The maximum atomic E-state index is 2.43. The molecule has 60 heavy (non-hydrogen) atoms. The fourth-order valence-corrected chi connectivity index (χ4v) is 9.14. The number of para-hydroxylation sites is 1. The Morgan fingerprint density at radius 2 is 0.783 bits per heavy atom. The van der Waals surface area contributed by atoms with E-state index >= 15 is 0 Å². The van der Waals surface area contributed by atoms with Crippen LogP contribution in [0.2, 0.25) is 0 Å². The fraction of sp³-hybridized carbons (Fsp3) is 0.0345. The van der Waals surface area contributed by atoms with Crippen molar-refractivity contribution in [2.75, 3.05) is 9.80 Å². The number of rotatable bonds is 9. The Hall–Kier alpha value is -7.68. The molecule has 0 fully saturated rings. The van der Waals surface area contributed by atoms with Crippen LogP contribution in [0.15, 0.2) is 224 Å². The van der Waals surface area contributed by atoms with Crippen LogP contribution in [0.4, 0.5) is 34.1 Å². The molecule has 0 radical (unpaired) electrons. The summed E-state index contributed by atoms with van der Waals surface area (Å²) in [6, 6.07) is 77.0. The summed E-state index contributed by atoms with van der Waals surface area (Å²) in [4.78, 5) is 4.77. The third-order valence-electron chi connectivity index (χ3n) is 12.1. The van der Waals surface area contributed by atoms with E-state index in [1.165, 1.54) is 72.1 Å². The van der Waals surface area contributed by atoms with E-state index in [4.69, 9.17) is 0 Å². The van der Waals surface area contributed by atoms with Gasteiger partial charge in [0.2, 0.25) is 0 Å². The van der Waals surface area contributed by atoms with Crippen LogP contribution in [-0.4, -0.2) is 0 Å². The quantitative estimate of drug-likeness (QED) is 0.144. The molecule has 0 heterocycles. The van der Waals surface area contributed by atoms with Crippen LogP contribution < -0.4 is 9.80 Å². The Bertz CT molecular complexity index is 2940. The average Bonchev–Trinajstić information content (AvgIpc) is 3.33. The van der Waals surface area contributed by atoms with Gasteiger partial charge in [0.25, 0.3) is 0 Å². The standard InChI is InChI=1S/C58H42N2/c1-4-12-41(13-5-1)43-24-32-51(33-25-43)59(52-34-26-44(27-35-52)42-14-6-2-7-15-42)53-36-28-45(29-37-53)46-30-38-54(39-31-46)60(50-19-8-3-9-20-50)56-40-49-18-10-16-47-22-23-48-17-11-21-55(56)58(48)57(47)49/h1-15,17-22,24-40H,16,23H2. The highest BCUT2D eigenvalue weighted by Gasteiger charge is 2.25. The molecule has 0 atom stereocenters. The second-order valence-corrected chi connectivity index (χ2v) is 15.7. The highest BCUT2D eigenvalue weighted by Crippen LogP contribution is 2.47. The first-order valence-corrected chi connectivity index (χ1v) is 20.9. The van der Waals surface area contributed by atoms with Gasteiger partial charge in [0.15, 0.2) is 0 Å². The summed E-state index contributed by atoms with van der Waals surface area (Å²) in [5.41, 5.74) is 19.5. The maximum Gasteiger partial charge on any atom is 0.0546 e. The Morgan fingerprint density at radius 1 is 0.350 bits per heavy atom. The van der Waals surface area contributed by atoms with Gasteiger partial charge in [-0.1, -0.05) is 164 Å². The number of hydrogen-bond donors (Lipinski definition) is 0. The summed E-state index contributed by atoms with van der Waals surface area (Å²) in [6.45, 7) is 0. The van der Waals surface area contributed by atoms with Crippen molar-refractivity contribution in [3.63, 3.8) is 0 Å². The lowest BCUT2D eigenvalue weighted by Crippen LogP contribution is -2.13. The molecule has 0 amide bonds. The van der Waals surface area contributed by atoms with E-state index in [1.807, 2.05) is 0 Å². The van der Waals surface area contributed by atoms with Crippen molar-refractivity contribution in [1.29, 1.82) is 0 Å². The molecule has 284 valence electrons. The van der Waals surface area contributed by atoms with Crippen LogP contribution in [0.25, 0.3) is 55.8 Å². The van der Waals surface area contributed by atoms with Crippen LogP contribution in [0, 0.1) is 0 Å². The van der Waals surface area contributed by atoms with E-state index in [0.717, 1.165) is 41.3 Å². The zero-order valence-electron chi connectivity index (χ0n) is 33.2. The molecule has 0 saturated heterocycles. The van der Waals surface area contributed by atoms with Crippen LogP contribution >= 0.6 is 0 Å². The third kappa shape index (κ3) is 6.49. The number of hydrogen-bond acceptors (Lipinski definition) is 2. The summed E-state index contributed by atoms with van der Waals surface area (Å²) in [6.07, 6.45) is 9.03. The molecule has 9 aromatic rings. The number of benzene rings is 9. The van der Waals surface area contributed by atoms with Gasteiger partial charge in [-0.05, 0) is 141 Å². The Kier molecular flexibility index (Phi) is 9.02. The van der Waals surface area contributed by atoms with Crippen molar-refractivity contribution in [1.82, 2.24) is 0 Å². The first kappa shape index (κ1) is 35.5. The lowest BCUT2D eigenvalue weighted by Gasteiger charge is -2.31. The van der Waals surface area contributed by atoms with Gasteiger partial charge < -0.3 is 9.80 Å². The first-order valence-electron chi connectivity index (χ1n) is 20.9. The van der Waals surface area contributed by atoms with Gasteiger partial charge in [-0.25, -0.2) is 0 Å². The van der Waals surface area contributed by atoms with Crippen molar-refractivity contribution in [3.8, 4) is 33.4 Å². The molecule has 0 N–H and O–H groups in total. The lowest BCUT2D eigenvalue weighted by atomic mass is 9.81. The van der Waals surface area contributed by atoms with Crippen LogP contribution in [0.5, 0.6) is 0 Å². The average molecular weight is 767 g/mol. The molecule has 2 aliphatic carbocycles. The van der Waals surface area contributed by atoms with E-state index in [9.17, 15) is 0 Å². The minimum atomic E-state index is 0.980. The second-order valence-electron chi connectivity index (χ2n) is 15.7. The van der Waals surface area contributed by atoms with Gasteiger partial charge in [-0.3, -0.25) is 0 Å². The van der Waals surface area contributed by atoms with Gasteiger partial charge >= 0.3 is 0 Å². The minimum absolute atomic E-state index is 0.980. The number of nitrogens with zero attached hydrogens (tertiary/aromatic N) is 2. The summed E-state index contributed by atoms with van der Waals surface area (Å²) in [5.74, 6) is 0. The van der Waals surface area contributed by atoms with E-state index in [2.05, 4.69) is 240 Å². The zero-order valence-corrected chi connectivity index (χ0v) is 33.2. The molecule has 0 saturated carbocycles. The third-order valence-corrected chi connectivity index (χ3v) is 12.1. The molecule has 11 rings (SSSR count). The van der Waals surface area contributed by atoms with Crippen molar-refractivity contribution in [2.45, 2.75) is 12.8 Å². The minimum Gasteiger partial charge on any atom is -0.311 e. The predicted molar refractivity (Wildman–Crippen MR) is 255 cm³/mol. The molecule has 0 bridgehead atoms. The highest BCUT2D eigenvalue weighted by molar-refractivity contribution is 6.10. The van der Waals surface area contributed by atoms with E-state index in [1.54, 1.807) is 0 Å². The summed E-state index contributed by atoms with van der Waals surface area (Å²) >= 11 is 0. The van der Waals surface area contributed by atoms with E-state index in [-0.39, 0.29) is 0 Å². The largest absolute Gasteiger partial charge is 0.311 e. The summed E-state index contributed by atoms with van der Waals surface area (Å²) in [5, 5.41) is 2.70. The smallest absolute Gasteiger partial charge is 0.0546 e. The maximum absolute atomic E-state index is 2.43. The molecule has 9 aromatic carbocycles. The van der Waals surface area contributed by atoms with Crippen molar-refractivity contribution in [3.05, 3.63) is 241 Å². The molecular weight excluding hydrogens is 725 g/mol. The fourth-order valence-electron chi connectivity index (χ4n) is 9.14. The molecule has 0 aromatic heterocycles. The molecular formula is C58H42N2. The molecule has 2 nitrogen and oxygen atoms in total. The Balaban J connectivity index is 0.945. The number of allylic oxidation sites excluding steroid dienone is 3. The summed E-state index contributed by atoms with van der Waals surface area (Å²) < 4.78 is 0. The Labute approximate surface area is 352 Å². The van der Waals surface area contributed by atoms with Gasteiger partial charge in [0.1, 0.15) is 0 Å². The van der Waals surface area contributed by atoms with E-state index in [0.29, 0.717) is 0 Å². The van der Waals surface area contributed by atoms with Gasteiger partial charge in [0.05, 0.1) is 5.69 Å². The van der Waals surface area contributed by atoms with Crippen LogP contribution in [0.3, 0.4) is 0 Å². The highest BCUT2D eigenvalue weighted by atomic mass is 15.1. The van der Waals surface area contributed by atoms with Crippen LogP contribution in [0.1, 0.15) is 23.1 Å². The molecule has 2 heteroatoms.